The summed E-state index contributed by atoms with van der Waals surface area (Å²) in [6.45, 7) is 0. The Labute approximate surface area is 88.5 Å². The van der Waals surface area contributed by atoms with E-state index in [-0.39, 0.29) is 0 Å². The number of fused-ring (bicyclic) bond motifs is 3. The van der Waals surface area contributed by atoms with Crippen LogP contribution in [0.4, 0.5) is 0 Å². The zero-order valence-corrected chi connectivity index (χ0v) is 8.81. The molecule has 1 aromatic heterocycles. The molecule has 1 nitrogen and oxygen atoms in total. The van der Waals surface area contributed by atoms with Crippen LogP contribution in [0, 0.1) is 0 Å². The van der Waals surface area contributed by atoms with Crippen molar-refractivity contribution in [2.75, 3.05) is 0 Å². The SMILES string of the molecule is Sc1ccc2oc3c(c2c1)CCCC3. The number of aryl methyl sites for hydroxylation is 2. The van der Waals surface area contributed by atoms with E-state index in [2.05, 4.69) is 18.7 Å². The summed E-state index contributed by atoms with van der Waals surface area (Å²) < 4.78 is 5.81. The maximum atomic E-state index is 5.81. The van der Waals surface area contributed by atoms with Gasteiger partial charge in [0, 0.05) is 22.3 Å². The molecule has 0 saturated carbocycles. The molecule has 0 atom stereocenters. The van der Waals surface area contributed by atoms with Crippen LogP contribution in [0.5, 0.6) is 0 Å². The Kier molecular flexibility index (Phi) is 1.84. The molecule has 1 aliphatic rings. The first kappa shape index (κ1) is 8.42. The molecule has 3 rings (SSSR count). The molecule has 0 fully saturated rings. The van der Waals surface area contributed by atoms with Crippen LogP contribution in [-0.4, -0.2) is 0 Å². The fourth-order valence-electron chi connectivity index (χ4n) is 2.25. The number of benzene rings is 1. The normalized spacial score (nSPS) is 15.8. The molecular formula is C12H12OS. The van der Waals surface area contributed by atoms with Crippen molar-refractivity contribution >= 4 is 23.6 Å². The van der Waals surface area contributed by atoms with E-state index in [0.29, 0.717) is 0 Å². The maximum Gasteiger partial charge on any atom is 0.134 e. The van der Waals surface area contributed by atoms with Crippen LogP contribution in [0.1, 0.15) is 24.2 Å². The maximum absolute atomic E-state index is 5.81. The lowest BCUT2D eigenvalue weighted by Crippen LogP contribution is -1.98. The third kappa shape index (κ3) is 1.17. The molecule has 1 heterocycles. The van der Waals surface area contributed by atoms with E-state index in [1.165, 1.54) is 36.0 Å². The molecule has 0 amide bonds. The minimum atomic E-state index is 1.02. The lowest BCUT2D eigenvalue weighted by atomic mass is 9.96. The Balaban J connectivity index is 2.32. The van der Waals surface area contributed by atoms with Gasteiger partial charge in [-0.25, -0.2) is 0 Å². The van der Waals surface area contributed by atoms with Gasteiger partial charge in [-0.15, -0.1) is 12.6 Å². The highest BCUT2D eigenvalue weighted by Gasteiger charge is 2.17. The number of hydrogen-bond acceptors (Lipinski definition) is 2. The van der Waals surface area contributed by atoms with Gasteiger partial charge < -0.3 is 4.42 Å². The summed E-state index contributed by atoms with van der Waals surface area (Å²) >= 11 is 4.36. The molecule has 0 radical (unpaired) electrons. The third-order valence-electron chi connectivity index (χ3n) is 2.94. The van der Waals surface area contributed by atoms with E-state index in [1.54, 1.807) is 0 Å². The lowest BCUT2D eigenvalue weighted by Gasteiger charge is -2.08. The van der Waals surface area contributed by atoms with Gasteiger partial charge in [-0.05, 0) is 37.5 Å². The second-order valence-corrected chi connectivity index (χ2v) is 4.41. The lowest BCUT2D eigenvalue weighted by molar-refractivity contribution is 0.506. The average Bonchev–Trinajstić information content (AvgIpc) is 2.56. The third-order valence-corrected chi connectivity index (χ3v) is 3.22. The van der Waals surface area contributed by atoms with E-state index >= 15 is 0 Å². The van der Waals surface area contributed by atoms with Crippen LogP contribution in [0.15, 0.2) is 27.5 Å². The molecule has 2 heteroatoms. The van der Waals surface area contributed by atoms with Crippen LogP contribution in [0.25, 0.3) is 11.0 Å². The van der Waals surface area contributed by atoms with Crippen molar-refractivity contribution in [1.82, 2.24) is 0 Å². The van der Waals surface area contributed by atoms with Crippen molar-refractivity contribution in [2.45, 2.75) is 30.6 Å². The van der Waals surface area contributed by atoms with Crippen molar-refractivity contribution < 1.29 is 4.42 Å². The second-order valence-electron chi connectivity index (χ2n) is 3.89. The molecule has 2 aromatic rings. The van der Waals surface area contributed by atoms with E-state index in [0.717, 1.165) is 16.9 Å². The summed E-state index contributed by atoms with van der Waals surface area (Å²) in [5, 5.41) is 1.27. The Hall–Kier alpha value is -0.890. The largest absolute Gasteiger partial charge is 0.461 e. The molecule has 1 aliphatic carbocycles. The van der Waals surface area contributed by atoms with Crippen molar-refractivity contribution in [3.63, 3.8) is 0 Å². The van der Waals surface area contributed by atoms with Gasteiger partial charge in [-0.2, -0.15) is 0 Å². The van der Waals surface area contributed by atoms with Crippen molar-refractivity contribution in [3.8, 4) is 0 Å². The molecule has 0 unspecified atom stereocenters. The monoisotopic (exact) mass is 204 g/mol. The predicted molar refractivity (Wildman–Crippen MR) is 60.1 cm³/mol. The van der Waals surface area contributed by atoms with Gasteiger partial charge in [-0.1, -0.05) is 0 Å². The van der Waals surface area contributed by atoms with Gasteiger partial charge in [0.1, 0.15) is 11.3 Å². The number of furan rings is 1. The minimum Gasteiger partial charge on any atom is -0.461 e. The molecule has 0 spiro atoms. The number of thiol groups is 1. The summed E-state index contributed by atoms with van der Waals surface area (Å²) in [5.74, 6) is 1.20. The standard InChI is InChI=1S/C12H12OS/c14-8-5-6-12-10(7-8)9-3-1-2-4-11(9)13-12/h5-7,14H,1-4H2. The first-order chi connectivity index (χ1) is 6.84. The highest BCUT2D eigenvalue weighted by Crippen LogP contribution is 2.32. The van der Waals surface area contributed by atoms with Crippen LogP contribution < -0.4 is 0 Å². The Morgan fingerprint density at radius 1 is 1.14 bits per heavy atom. The van der Waals surface area contributed by atoms with Crippen molar-refractivity contribution in [3.05, 3.63) is 29.5 Å². The van der Waals surface area contributed by atoms with Crippen LogP contribution in [0.3, 0.4) is 0 Å². The summed E-state index contributed by atoms with van der Waals surface area (Å²) in [7, 11) is 0. The zero-order chi connectivity index (χ0) is 9.54. The zero-order valence-electron chi connectivity index (χ0n) is 7.92. The average molecular weight is 204 g/mol. The molecule has 0 bridgehead atoms. The molecule has 0 aliphatic heterocycles. The Morgan fingerprint density at radius 3 is 2.93 bits per heavy atom. The predicted octanol–water partition coefficient (Wildman–Crippen LogP) is 3.60. The topological polar surface area (TPSA) is 13.1 Å². The van der Waals surface area contributed by atoms with Gasteiger partial charge in [0.25, 0.3) is 0 Å². The van der Waals surface area contributed by atoms with Crippen molar-refractivity contribution in [1.29, 1.82) is 0 Å². The van der Waals surface area contributed by atoms with Gasteiger partial charge in [-0.3, -0.25) is 0 Å². The second kappa shape index (κ2) is 3.06. The minimum absolute atomic E-state index is 1.02. The molecule has 72 valence electrons. The van der Waals surface area contributed by atoms with E-state index in [4.69, 9.17) is 4.42 Å². The first-order valence-corrected chi connectivity index (χ1v) is 5.52. The van der Waals surface area contributed by atoms with E-state index in [9.17, 15) is 0 Å². The highest BCUT2D eigenvalue weighted by molar-refractivity contribution is 7.80. The first-order valence-electron chi connectivity index (χ1n) is 5.08. The Morgan fingerprint density at radius 2 is 2.00 bits per heavy atom. The van der Waals surface area contributed by atoms with Gasteiger partial charge in [0.05, 0.1) is 0 Å². The Bertz CT molecular complexity index is 484. The fourth-order valence-corrected chi connectivity index (χ4v) is 2.45. The van der Waals surface area contributed by atoms with Gasteiger partial charge >= 0.3 is 0 Å². The molecule has 1 aromatic carbocycles. The molecule has 14 heavy (non-hydrogen) atoms. The fraction of sp³-hybridized carbons (Fsp3) is 0.333. The summed E-state index contributed by atoms with van der Waals surface area (Å²) in [6.07, 6.45) is 4.82. The molecule has 0 saturated heterocycles. The number of rotatable bonds is 0. The van der Waals surface area contributed by atoms with E-state index in [1.807, 2.05) is 12.1 Å². The molecule has 0 N–H and O–H groups in total. The quantitative estimate of drug-likeness (QED) is 0.647. The highest BCUT2D eigenvalue weighted by atomic mass is 32.1. The van der Waals surface area contributed by atoms with E-state index < -0.39 is 0 Å². The summed E-state index contributed by atoms with van der Waals surface area (Å²) in [4.78, 5) is 1.02. The summed E-state index contributed by atoms with van der Waals surface area (Å²) in [5.41, 5.74) is 2.44. The van der Waals surface area contributed by atoms with Gasteiger partial charge in [0.15, 0.2) is 0 Å². The van der Waals surface area contributed by atoms with Crippen molar-refractivity contribution in [2.24, 2.45) is 0 Å². The molecular weight excluding hydrogens is 192 g/mol. The van der Waals surface area contributed by atoms with Crippen LogP contribution >= 0.6 is 12.6 Å². The smallest absolute Gasteiger partial charge is 0.134 e. The van der Waals surface area contributed by atoms with Crippen LogP contribution in [0.2, 0.25) is 0 Å². The van der Waals surface area contributed by atoms with Crippen LogP contribution in [-0.2, 0) is 12.8 Å². The number of hydrogen-bond donors (Lipinski definition) is 1. The van der Waals surface area contributed by atoms with Gasteiger partial charge in [0.2, 0.25) is 0 Å². The summed E-state index contributed by atoms with van der Waals surface area (Å²) in [6, 6.07) is 6.13.